The van der Waals surface area contributed by atoms with Crippen LogP contribution in [0.4, 0.5) is 0 Å². The molecular weight excluding hydrogens is 342 g/mol. The van der Waals surface area contributed by atoms with Crippen molar-refractivity contribution in [1.82, 2.24) is 14.2 Å². The molecule has 0 atom stereocenters. The Balaban J connectivity index is 2.22. The SMILES string of the molecule is CN(C)C1(CN(C)S(=O)(=O)c2cncc(Br)c2)CCC1. The number of hydrogen-bond donors (Lipinski definition) is 0. The molecule has 0 bridgehead atoms. The van der Waals surface area contributed by atoms with Crippen LogP contribution < -0.4 is 0 Å². The molecule has 0 spiro atoms. The second-order valence-corrected chi connectivity index (χ2v) is 8.53. The second kappa shape index (κ2) is 5.71. The molecule has 1 aromatic rings. The van der Waals surface area contributed by atoms with Gasteiger partial charge in [-0.25, -0.2) is 8.42 Å². The van der Waals surface area contributed by atoms with E-state index in [1.54, 1.807) is 19.3 Å². The molecule has 0 N–H and O–H groups in total. The summed E-state index contributed by atoms with van der Waals surface area (Å²) in [6.07, 6.45) is 6.20. The molecule has 1 fully saturated rings. The largest absolute Gasteiger partial charge is 0.302 e. The summed E-state index contributed by atoms with van der Waals surface area (Å²) in [4.78, 5) is 6.30. The summed E-state index contributed by atoms with van der Waals surface area (Å²) in [5.41, 5.74) is -0.0265. The third kappa shape index (κ3) is 2.90. The standard InChI is InChI=1S/C13H20BrN3O2S/c1-16(2)13(5-4-6-13)10-17(3)20(18,19)12-7-11(14)8-15-9-12/h7-9H,4-6,10H2,1-3H3. The van der Waals surface area contributed by atoms with Gasteiger partial charge in [0, 0.05) is 36.0 Å². The topological polar surface area (TPSA) is 53.5 Å². The summed E-state index contributed by atoms with van der Waals surface area (Å²) >= 11 is 3.26. The number of likely N-dealkylation sites (N-methyl/N-ethyl adjacent to an activating group) is 2. The molecule has 20 heavy (non-hydrogen) atoms. The van der Waals surface area contributed by atoms with Gasteiger partial charge >= 0.3 is 0 Å². The Hall–Kier alpha value is -0.500. The minimum absolute atomic E-state index is 0.0265. The van der Waals surface area contributed by atoms with E-state index in [9.17, 15) is 8.42 Å². The number of nitrogens with zero attached hydrogens (tertiary/aromatic N) is 3. The van der Waals surface area contributed by atoms with Crippen molar-refractivity contribution >= 4 is 26.0 Å². The molecule has 1 aliphatic carbocycles. The highest BCUT2D eigenvalue weighted by molar-refractivity contribution is 9.10. The van der Waals surface area contributed by atoms with E-state index in [-0.39, 0.29) is 10.4 Å². The molecular formula is C13H20BrN3O2S. The molecule has 1 heterocycles. The Kier molecular flexibility index (Phi) is 4.53. The van der Waals surface area contributed by atoms with Gasteiger partial charge < -0.3 is 4.90 Å². The van der Waals surface area contributed by atoms with Crippen molar-refractivity contribution in [1.29, 1.82) is 0 Å². The smallest absolute Gasteiger partial charge is 0.244 e. The maximum absolute atomic E-state index is 12.6. The van der Waals surface area contributed by atoms with Gasteiger partial charge in [-0.3, -0.25) is 4.98 Å². The van der Waals surface area contributed by atoms with Crippen LogP contribution in [0.3, 0.4) is 0 Å². The lowest BCUT2D eigenvalue weighted by molar-refractivity contribution is 0.0455. The predicted octanol–water partition coefficient (Wildman–Crippen LogP) is 1.95. The highest BCUT2D eigenvalue weighted by atomic mass is 79.9. The lowest BCUT2D eigenvalue weighted by Crippen LogP contribution is -2.57. The first-order valence-corrected chi connectivity index (χ1v) is 8.76. The lowest BCUT2D eigenvalue weighted by Gasteiger charge is -2.48. The highest BCUT2D eigenvalue weighted by Gasteiger charge is 2.42. The first-order chi connectivity index (χ1) is 9.28. The first kappa shape index (κ1) is 15.9. The van der Waals surface area contributed by atoms with Crippen molar-refractivity contribution in [3.05, 3.63) is 22.9 Å². The van der Waals surface area contributed by atoms with Crippen molar-refractivity contribution in [2.45, 2.75) is 29.7 Å². The summed E-state index contributed by atoms with van der Waals surface area (Å²) in [6, 6.07) is 1.59. The van der Waals surface area contributed by atoms with Gasteiger partial charge in [0.25, 0.3) is 0 Å². The number of hydrogen-bond acceptors (Lipinski definition) is 4. The highest BCUT2D eigenvalue weighted by Crippen LogP contribution is 2.37. The summed E-state index contributed by atoms with van der Waals surface area (Å²) < 4.78 is 27.2. The first-order valence-electron chi connectivity index (χ1n) is 6.52. The van der Waals surface area contributed by atoms with Crippen LogP contribution in [0.2, 0.25) is 0 Å². The van der Waals surface area contributed by atoms with Crippen LogP contribution in [0.25, 0.3) is 0 Å². The van der Waals surface area contributed by atoms with Crippen LogP contribution in [0, 0.1) is 0 Å². The summed E-state index contributed by atoms with van der Waals surface area (Å²) in [6.45, 7) is 0.509. The summed E-state index contributed by atoms with van der Waals surface area (Å²) in [5.74, 6) is 0. The molecule has 5 nitrogen and oxygen atoms in total. The fraction of sp³-hybridized carbons (Fsp3) is 0.615. The third-order valence-corrected chi connectivity index (χ3v) is 6.34. The summed E-state index contributed by atoms with van der Waals surface area (Å²) in [7, 11) is 2.18. The quantitative estimate of drug-likeness (QED) is 0.804. The average molecular weight is 362 g/mol. The zero-order chi connectivity index (χ0) is 15.0. The van der Waals surface area contributed by atoms with Gasteiger partial charge in [-0.1, -0.05) is 0 Å². The van der Waals surface area contributed by atoms with Crippen LogP contribution in [0.5, 0.6) is 0 Å². The Labute approximate surface area is 129 Å². The molecule has 2 rings (SSSR count). The summed E-state index contributed by atoms with van der Waals surface area (Å²) in [5, 5.41) is 0. The van der Waals surface area contributed by atoms with Crippen LogP contribution in [0.1, 0.15) is 19.3 Å². The van der Waals surface area contributed by atoms with E-state index in [1.165, 1.54) is 10.5 Å². The van der Waals surface area contributed by atoms with Gasteiger partial charge in [-0.05, 0) is 55.4 Å². The zero-order valence-electron chi connectivity index (χ0n) is 12.0. The third-order valence-electron chi connectivity index (χ3n) is 4.14. The second-order valence-electron chi connectivity index (χ2n) is 5.57. The average Bonchev–Trinajstić information content (AvgIpc) is 2.32. The molecule has 0 unspecified atom stereocenters. The maximum Gasteiger partial charge on any atom is 0.244 e. The van der Waals surface area contributed by atoms with Crippen LogP contribution in [0.15, 0.2) is 27.8 Å². The van der Waals surface area contributed by atoms with Gasteiger partial charge in [0.05, 0.1) is 0 Å². The molecule has 0 amide bonds. The van der Waals surface area contributed by atoms with Gasteiger partial charge in [0.1, 0.15) is 4.90 Å². The molecule has 112 valence electrons. The molecule has 1 aromatic heterocycles. The van der Waals surface area contributed by atoms with E-state index < -0.39 is 10.0 Å². The fourth-order valence-electron chi connectivity index (χ4n) is 2.54. The van der Waals surface area contributed by atoms with E-state index in [1.807, 2.05) is 14.1 Å². The van der Waals surface area contributed by atoms with Gasteiger partial charge in [-0.15, -0.1) is 0 Å². The van der Waals surface area contributed by atoms with Crippen LogP contribution in [-0.4, -0.2) is 55.8 Å². The van der Waals surface area contributed by atoms with Crippen molar-refractivity contribution < 1.29 is 8.42 Å². The number of sulfonamides is 1. The minimum atomic E-state index is -3.49. The number of rotatable bonds is 5. The number of aromatic nitrogens is 1. The molecule has 0 saturated heterocycles. The van der Waals surface area contributed by atoms with Crippen molar-refractivity contribution in [2.24, 2.45) is 0 Å². The van der Waals surface area contributed by atoms with Gasteiger partial charge in [0.2, 0.25) is 10.0 Å². The molecule has 0 aliphatic heterocycles. The van der Waals surface area contributed by atoms with E-state index >= 15 is 0 Å². The molecule has 0 aromatic carbocycles. The van der Waals surface area contributed by atoms with E-state index in [4.69, 9.17) is 0 Å². The van der Waals surface area contributed by atoms with Gasteiger partial charge in [-0.2, -0.15) is 4.31 Å². The van der Waals surface area contributed by atoms with Crippen LogP contribution in [-0.2, 0) is 10.0 Å². The van der Waals surface area contributed by atoms with Crippen molar-refractivity contribution in [2.75, 3.05) is 27.7 Å². The minimum Gasteiger partial charge on any atom is -0.302 e. The molecule has 1 saturated carbocycles. The number of pyridine rings is 1. The van der Waals surface area contributed by atoms with Crippen LogP contribution >= 0.6 is 15.9 Å². The van der Waals surface area contributed by atoms with Crippen molar-refractivity contribution in [3.63, 3.8) is 0 Å². The Morgan fingerprint density at radius 2 is 1.95 bits per heavy atom. The maximum atomic E-state index is 12.6. The Morgan fingerprint density at radius 1 is 1.30 bits per heavy atom. The number of halogens is 1. The van der Waals surface area contributed by atoms with E-state index in [0.29, 0.717) is 11.0 Å². The normalized spacial score (nSPS) is 18.3. The monoisotopic (exact) mass is 361 g/mol. The zero-order valence-corrected chi connectivity index (χ0v) is 14.4. The van der Waals surface area contributed by atoms with E-state index in [2.05, 4.69) is 25.8 Å². The Morgan fingerprint density at radius 3 is 2.40 bits per heavy atom. The Bertz CT molecular complexity index is 585. The predicted molar refractivity (Wildman–Crippen MR) is 82.0 cm³/mol. The lowest BCUT2D eigenvalue weighted by atomic mass is 9.75. The molecule has 7 heteroatoms. The van der Waals surface area contributed by atoms with Gasteiger partial charge in [0.15, 0.2) is 0 Å². The van der Waals surface area contributed by atoms with Crippen molar-refractivity contribution in [3.8, 4) is 0 Å². The van der Waals surface area contributed by atoms with E-state index in [0.717, 1.165) is 19.3 Å². The fourth-order valence-corrected chi connectivity index (χ4v) is 4.30. The molecule has 1 aliphatic rings. The molecule has 0 radical (unpaired) electrons.